The van der Waals surface area contributed by atoms with Gasteiger partial charge in [0.1, 0.15) is 17.2 Å². The van der Waals surface area contributed by atoms with Crippen LogP contribution >= 0.6 is 0 Å². The topological polar surface area (TPSA) is 156 Å². The van der Waals surface area contributed by atoms with Crippen molar-refractivity contribution in [3.05, 3.63) is 42.5 Å². The van der Waals surface area contributed by atoms with Crippen LogP contribution in [0.15, 0.2) is 42.5 Å². The van der Waals surface area contributed by atoms with Crippen LogP contribution in [0.2, 0.25) is 0 Å². The van der Waals surface area contributed by atoms with E-state index in [1.54, 1.807) is 65.8 Å². The van der Waals surface area contributed by atoms with Gasteiger partial charge < -0.3 is 25.2 Å². The Bertz CT molecular complexity index is 1410. The lowest BCUT2D eigenvalue weighted by molar-refractivity contribution is -0.139. The number of hydrogen-bond acceptors (Lipinski definition) is 7. The molecule has 0 radical (unpaired) electrons. The van der Waals surface area contributed by atoms with E-state index in [2.05, 4.69) is 20.9 Å². The first-order valence-electron chi connectivity index (χ1n) is 12.4. The van der Waals surface area contributed by atoms with E-state index in [0.29, 0.717) is 22.4 Å². The summed E-state index contributed by atoms with van der Waals surface area (Å²) in [5, 5.41) is 18.8. The summed E-state index contributed by atoms with van der Waals surface area (Å²) < 4.78 is 10.4. The van der Waals surface area contributed by atoms with Crippen LogP contribution in [-0.2, 0) is 19.1 Å². The van der Waals surface area contributed by atoms with Crippen LogP contribution in [-0.4, -0.2) is 51.4 Å². The number of nitrogens with one attached hydrogen (secondary N) is 3. The number of ether oxygens (including phenoxy) is 2. The van der Waals surface area contributed by atoms with Crippen LogP contribution in [0.1, 0.15) is 54.4 Å². The molecule has 1 aromatic heterocycles. The van der Waals surface area contributed by atoms with Crippen LogP contribution in [0.5, 0.6) is 0 Å². The minimum atomic E-state index is -1.28. The largest absolute Gasteiger partial charge is 0.480 e. The highest BCUT2D eigenvalue weighted by Gasteiger charge is 2.24. The molecule has 3 aromatic rings. The number of hydrogen-bond donors (Lipinski definition) is 4. The molecule has 3 amide bonds. The summed E-state index contributed by atoms with van der Waals surface area (Å²) in [6.45, 7) is 10.3. The Morgan fingerprint density at radius 1 is 0.795 bits per heavy atom. The van der Waals surface area contributed by atoms with Gasteiger partial charge in [0.25, 0.3) is 0 Å². The molecule has 2 aromatic carbocycles. The van der Waals surface area contributed by atoms with Crippen LogP contribution in [0.3, 0.4) is 0 Å². The normalized spacial score (nSPS) is 12.5. The lowest BCUT2D eigenvalue weighted by Crippen LogP contribution is -2.43. The number of amides is 3. The van der Waals surface area contributed by atoms with Crippen molar-refractivity contribution in [2.45, 2.75) is 71.6 Å². The molecular weight excluding hydrogens is 504 g/mol. The van der Waals surface area contributed by atoms with Gasteiger partial charge in [-0.3, -0.25) is 10.1 Å². The first-order valence-corrected chi connectivity index (χ1v) is 12.4. The number of carboxylic acid groups (broad SMARTS) is 1. The first-order chi connectivity index (χ1) is 18.1. The zero-order valence-corrected chi connectivity index (χ0v) is 22.9. The number of rotatable bonds is 7. The summed E-state index contributed by atoms with van der Waals surface area (Å²) in [6.07, 6.45) is -1.70. The van der Waals surface area contributed by atoms with Gasteiger partial charge in [0.2, 0.25) is 5.91 Å². The Morgan fingerprint density at radius 2 is 1.31 bits per heavy atom. The average molecular weight is 539 g/mol. The number of pyridine rings is 1. The van der Waals surface area contributed by atoms with Gasteiger partial charge in [-0.25, -0.2) is 19.4 Å². The molecule has 11 nitrogen and oxygen atoms in total. The maximum Gasteiger partial charge on any atom is 0.412 e. The average Bonchev–Trinajstić information content (AvgIpc) is 2.77. The fraction of sp³-hybridized carbons (Fsp3) is 0.393. The van der Waals surface area contributed by atoms with E-state index in [4.69, 9.17) is 9.47 Å². The van der Waals surface area contributed by atoms with Crippen molar-refractivity contribution in [3.8, 4) is 0 Å². The highest BCUT2D eigenvalue weighted by atomic mass is 16.6. The molecule has 0 aliphatic rings. The number of carbonyl (C=O) groups is 4. The molecule has 39 heavy (non-hydrogen) atoms. The fourth-order valence-electron chi connectivity index (χ4n) is 3.61. The second-order valence-corrected chi connectivity index (χ2v) is 11.1. The number of aliphatic carboxylic acids is 1. The van der Waals surface area contributed by atoms with E-state index in [-0.39, 0.29) is 12.8 Å². The molecule has 0 saturated heterocycles. The summed E-state index contributed by atoms with van der Waals surface area (Å²) in [5.74, 6) is -1.69. The number of fused-ring (bicyclic) bond motifs is 2. The van der Waals surface area contributed by atoms with Crippen molar-refractivity contribution in [2.24, 2.45) is 0 Å². The molecule has 3 rings (SSSR count). The van der Waals surface area contributed by atoms with Gasteiger partial charge >= 0.3 is 18.2 Å². The number of carbonyl (C=O) groups excluding carboxylic acids is 3. The molecule has 0 aliphatic carbocycles. The number of aromatic nitrogens is 1. The number of alkyl carbamates (subject to hydrolysis) is 1. The second-order valence-electron chi connectivity index (χ2n) is 11.1. The monoisotopic (exact) mass is 538 g/mol. The maximum absolute atomic E-state index is 12.5. The van der Waals surface area contributed by atoms with Crippen molar-refractivity contribution in [3.63, 3.8) is 0 Å². The van der Waals surface area contributed by atoms with Gasteiger partial charge in [-0.2, -0.15) is 0 Å². The Kier molecular flexibility index (Phi) is 8.63. The predicted molar refractivity (Wildman–Crippen MR) is 148 cm³/mol. The van der Waals surface area contributed by atoms with E-state index >= 15 is 0 Å². The number of carboxylic acids is 1. The number of benzene rings is 2. The maximum atomic E-state index is 12.5. The van der Waals surface area contributed by atoms with Gasteiger partial charge in [-0.15, -0.1) is 0 Å². The molecule has 4 N–H and O–H groups in total. The molecular formula is C28H34N4O7. The highest BCUT2D eigenvalue weighted by Crippen LogP contribution is 2.25. The Labute approximate surface area is 226 Å². The minimum Gasteiger partial charge on any atom is -0.480 e. The fourth-order valence-corrected chi connectivity index (χ4v) is 3.61. The van der Waals surface area contributed by atoms with Gasteiger partial charge in [0.05, 0.1) is 11.0 Å². The molecule has 0 bridgehead atoms. The van der Waals surface area contributed by atoms with Gasteiger partial charge in [-0.05, 0) is 78.3 Å². The van der Waals surface area contributed by atoms with E-state index in [0.717, 1.165) is 10.8 Å². The van der Waals surface area contributed by atoms with Crippen LogP contribution in [0.25, 0.3) is 21.8 Å². The second kappa shape index (κ2) is 11.5. The smallest absolute Gasteiger partial charge is 0.412 e. The lowest BCUT2D eigenvalue weighted by atomic mass is 10.1. The number of nitrogens with zero attached hydrogens (tertiary/aromatic N) is 1. The summed E-state index contributed by atoms with van der Waals surface area (Å²) in [7, 11) is 0. The van der Waals surface area contributed by atoms with Crippen molar-refractivity contribution < 1.29 is 33.8 Å². The third kappa shape index (κ3) is 9.13. The lowest BCUT2D eigenvalue weighted by Gasteiger charge is -2.21. The van der Waals surface area contributed by atoms with Crippen molar-refractivity contribution in [1.82, 2.24) is 10.3 Å². The number of anilines is 2. The van der Waals surface area contributed by atoms with Crippen molar-refractivity contribution in [1.29, 1.82) is 0 Å². The summed E-state index contributed by atoms with van der Waals surface area (Å²) in [4.78, 5) is 52.8. The van der Waals surface area contributed by atoms with E-state index in [1.807, 2.05) is 18.2 Å². The summed E-state index contributed by atoms with van der Waals surface area (Å²) >= 11 is 0. The third-order valence-electron chi connectivity index (χ3n) is 5.19. The van der Waals surface area contributed by atoms with Gasteiger partial charge in [0, 0.05) is 28.6 Å². The van der Waals surface area contributed by atoms with Crippen LogP contribution in [0.4, 0.5) is 21.0 Å². The third-order valence-corrected chi connectivity index (χ3v) is 5.19. The minimum absolute atomic E-state index is 0.121. The van der Waals surface area contributed by atoms with E-state index in [1.165, 1.54) is 0 Å². The molecule has 0 fully saturated rings. The van der Waals surface area contributed by atoms with E-state index < -0.39 is 41.3 Å². The molecule has 11 heteroatoms. The summed E-state index contributed by atoms with van der Waals surface area (Å²) in [5.41, 5.74) is 0.854. The highest BCUT2D eigenvalue weighted by molar-refractivity contribution is 5.98. The Hall–Kier alpha value is -4.41. The Morgan fingerprint density at radius 3 is 1.82 bits per heavy atom. The SMILES string of the molecule is CC(C)(C)OC(=O)Nc1ccc2cc3ccc(NC(=O)CC[C@H](NC(=O)OC(C)(C)C)C(=O)O)cc3nc2c1. The molecule has 1 heterocycles. The predicted octanol–water partition coefficient (Wildman–Crippen LogP) is 5.43. The molecule has 0 aliphatic heterocycles. The van der Waals surface area contributed by atoms with Gasteiger partial charge in [-0.1, -0.05) is 12.1 Å². The first kappa shape index (κ1) is 29.2. The van der Waals surface area contributed by atoms with Crippen molar-refractivity contribution in [2.75, 3.05) is 10.6 Å². The summed E-state index contributed by atoms with van der Waals surface area (Å²) in [6, 6.07) is 11.2. The van der Waals surface area contributed by atoms with Crippen molar-refractivity contribution >= 4 is 57.2 Å². The molecule has 1 atom stereocenters. The standard InChI is InChI=1S/C28H34N4O7/c1-27(2,3)38-25(36)30-19-10-8-17-13-16-7-9-18(14-21(16)31-22(17)15-19)29-23(33)12-11-20(24(34)35)32-26(37)39-28(4,5)6/h7-10,13-15,20H,11-12H2,1-6H3,(H,29,33)(H,30,36)(H,32,37)(H,34,35)/t20-/m0/s1. The molecule has 208 valence electrons. The van der Waals surface area contributed by atoms with Gasteiger partial charge in [0.15, 0.2) is 0 Å². The molecule has 0 spiro atoms. The quantitative estimate of drug-likeness (QED) is 0.290. The Balaban J connectivity index is 1.68. The molecule has 0 unspecified atom stereocenters. The molecule has 0 saturated carbocycles. The van der Waals surface area contributed by atoms with Crippen LogP contribution < -0.4 is 16.0 Å². The zero-order valence-electron chi connectivity index (χ0n) is 22.9. The van der Waals surface area contributed by atoms with Crippen LogP contribution in [0, 0.1) is 0 Å². The van der Waals surface area contributed by atoms with E-state index in [9.17, 15) is 24.3 Å². The zero-order chi connectivity index (χ0) is 29.0.